The molecular formula is C15H21ClN2O. The van der Waals surface area contributed by atoms with Gasteiger partial charge in [0.25, 0.3) is 5.24 Å². The van der Waals surface area contributed by atoms with Gasteiger partial charge in [-0.3, -0.25) is 9.69 Å². The van der Waals surface area contributed by atoms with Gasteiger partial charge in [0.05, 0.1) is 0 Å². The first-order valence-electron chi connectivity index (χ1n) is 6.82. The average molecular weight is 281 g/mol. The third-order valence-electron chi connectivity index (χ3n) is 3.80. The van der Waals surface area contributed by atoms with Crippen LogP contribution in [0, 0.1) is 0 Å². The van der Waals surface area contributed by atoms with Gasteiger partial charge < -0.3 is 4.90 Å². The van der Waals surface area contributed by atoms with Crippen molar-refractivity contribution in [1.82, 2.24) is 9.80 Å². The van der Waals surface area contributed by atoms with E-state index < -0.39 is 0 Å². The van der Waals surface area contributed by atoms with Crippen molar-refractivity contribution < 1.29 is 4.79 Å². The van der Waals surface area contributed by atoms with Gasteiger partial charge in [-0.25, -0.2) is 0 Å². The summed E-state index contributed by atoms with van der Waals surface area (Å²) in [5.41, 5.74) is 3.14. The molecule has 0 atom stereocenters. The Morgan fingerprint density at radius 3 is 2.47 bits per heavy atom. The highest BCUT2D eigenvalue weighted by molar-refractivity contribution is 6.67. The van der Waals surface area contributed by atoms with E-state index in [-0.39, 0.29) is 5.24 Å². The first kappa shape index (κ1) is 14.5. The van der Waals surface area contributed by atoms with Crippen molar-refractivity contribution >= 4 is 16.8 Å². The van der Waals surface area contributed by atoms with Crippen LogP contribution in [-0.4, -0.2) is 48.3 Å². The predicted octanol–water partition coefficient (Wildman–Crippen LogP) is 2.38. The molecule has 1 aromatic rings. The number of hydrogen-bond acceptors (Lipinski definition) is 3. The molecule has 0 aromatic heterocycles. The predicted molar refractivity (Wildman–Crippen MR) is 78.8 cm³/mol. The number of benzene rings is 1. The molecule has 0 bridgehead atoms. The van der Waals surface area contributed by atoms with Crippen molar-refractivity contribution in [2.75, 3.05) is 33.2 Å². The van der Waals surface area contributed by atoms with Crippen LogP contribution < -0.4 is 0 Å². The van der Waals surface area contributed by atoms with Crippen LogP contribution in [-0.2, 0) is 13.0 Å². The lowest BCUT2D eigenvalue weighted by Crippen LogP contribution is -2.44. The van der Waals surface area contributed by atoms with Gasteiger partial charge in [-0.1, -0.05) is 13.0 Å². The highest BCUT2D eigenvalue weighted by Gasteiger charge is 2.15. The van der Waals surface area contributed by atoms with E-state index in [2.05, 4.69) is 23.8 Å². The second-order valence-corrected chi connectivity index (χ2v) is 5.53. The van der Waals surface area contributed by atoms with Crippen LogP contribution in [0.5, 0.6) is 0 Å². The highest BCUT2D eigenvalue weighted by atomic mass is 35.5. The fraction of sp³-hybridized carbons (Fsp3) is 0.533. The molecule has 2 rings (SSSR count). The lowest BCUT2D eigenvalue weighted by Gasteiger charge is -2.32. The third kappa shape index (κ3) is 3.78. The van der Waals surface area contributed by atoms with Crippen molar-refractivity contribution in [3.63, 3.8) is 0 Å². The van der Waals surface area contributed by atoms with Crippen LogP contribution in [0.15, 0.2) is 18.2 Å². The number of rotatable bonds is 4. The summed E-state index contributed by atoms with van der Waals surface area (Å²) in [5, 5.41) is -0.374. The zero-order valence-corrected chi connectivity index (χ0v) is 12.4. The van der Waals surface area contributed by atoms with Gasteiger partial charge in [0, 0.05) is 38.3 Å². The molecule has 0 saturated carbocycles. The van der Waals surface area contributed by atoms with Crippen molar-refractivity contribution in [2.45, 2.75) is 19.9 Å². The van der Waals surface area contributed by atoms with E-state index in [0.29, 0.717) is 5.56 Å². The molecule has 19 heavy (non-hydrogen) atoms. The molecule has 0 radical (unpaired) electrons. The van der Waals surface area contributed by atoms with Gasteiger partial charge in [0.15, 0.2) is 0 Å². The average Bonchev–Trinajstić information content (AvgIpc) is 2.41. The molecule has 1 fully saturated rings. The maximum Gasteiger partial charge on any atom is 0.252 e. The maximum absolute atomic E-state index is 11.2. The van der Waals surface area contributed by atoms with Crippen LogP contribution in [0.25, 0.3) is 0 Å². The maximum atomic E-state index is 11.2. The Morgan fingerprint density at radius 2 is 1.89 bits per heavy atom. The summed E-state index contributed by atoms with van der Waals surface area (Å²) in [6.45, 7) is 7.55. The van der Waals surface area contributed by atoms with Gasteiger partial charge in [-0.2, -0.15) is 0 Å². The zero-order chi connectivity index (χ0) is 13.8. The lowest BCUT2D eigenvalue weighted by atomic mass is 10.0. The lowest BCUT2D eigenvalue weighted by molar-refractivity contribution is 0.108. The molecule has 0 unspecified atom stereocenters. The topological polar surface area (TPSA) is 23.6 Å². The Labute approximate surface area is 120 Å². The second kappa shape index (κ2) is 6.51. The quantitative estimate of drug-likeness (QED) is 0.791. The smallest absolute Gasteiger partial charge is 0.252 e. The first-order valence-corrected chi connectivity index (χ1v) is 7.20. The monoisotopic (exact) mass is 280 g/mol. The molecule has 104 valence electrons. The standard InChI is InChI=1S/C15H21ClN2O/c1-3-12-10-13(15(16)19)4-5-14(12)11-18-8-6-17(2)7-9-18/h4-5,10H,3,6-9,11H2,1-2H3. The molecule has 1 aromatic carbocycles. The number of aryl methyl sites for hydroxylation is 1. The van der Waals surface area contributed by atoms with E-state index in [0.717, 1.165) is 39.1 Å². The Hall–Kier alpha value is -0.900. The Balaban J connectivity index is 2.09. The summed E-state index contributed by atoms with van der Waals surface area (Å²) >= 11 is 5.54. The molecule has 0 N–H and O–H groups in total. The van der Waals surface area contributed by atoms with Gasteiger partial charge in [-0.05, 0) is 48.3 Å². The van der Waals surface area contributed by atoms with Crippen LogP contribution in [0.3, 0.4) is 0 Å². The largest absolute Gasteiger partial charge is 0.304 e. The summed E-state index contributed by atoms with van der Waals surface area (Å²) in [7, 11) is 2.16. The molecule has 1 aliphatic rings. The van der Waals surface area contributed by atoms with Crippen LogP contribution in [0.4, 0.5) is 0 Å². The summed E-state index contributed by atoms with van der Waals surface area (Å²) in [5.74, 6) is 0. The molecule has 0 amide bonds. The van der Waals surface area contributed by atoms with Gasteiger partial charge in [-0.15, -0.1) is 0 Å². The van der Waals surface area contributed by atoms with E-state index >= 15 is 0 Å². The number of halogens is 1. The number of likely N-dealkylation sites (N-methyl/N-ethyl adjacent to an activating group) is 1. The fourth-order valence-electron chi connectivity index (χ4n) is 2.48. The normalized spacial score (nSPS) is 17.6. The highest BCUT2D eigenvalue weighted by Crippen LogP contribution is 2.17. The van der Waals surface area contributed by atoms with Gasteiger partial charge in [0.1, 0.15) is 0 Å². The van der Waals surface area contributed by atoms with E-state index in [1.165, 1.54) is 11.1 Å². The Morgan fingerprint density at radius 1 is 1.21 bits per heavy atom. The fourth-order valence-corrected chi connectivity index (χ4v) is 2.60. The molecule has 1 saturated heterocycles. The van der Waals surface area contributed by atoms with Crippen LogP contribution in [0.1, 0.15) is 28.4 Å². The minimum absolute atomic E-state index is 0.374. The number of carbonyl (C=O) groups is 1. The minimum Gasteiger partial charge on any atom is -0.304 e. The van der Waals surface area contributed by atoms with E-state index in [9.17, 15) is 4.79 Å². The second-order valence-electron chi connectivity index (χ2n) is 5.19. The number of hydrogen-bond donors (Lipinski definition) is 0. The molecule has 1 aliphatic heterocycles. The SMILES string of the molecule is CCc1cc(C(=O)Cl)ccc1CN1CCN(C)CC1. The Bertz CT molecular complexity index is 453. The van der Waals surface area contributed by atoms with Crippen molar-refractivity contribution in [3.8, 4) is 0 Å². The Kier molecular flexibility index (Phi) is 4.97. The molecule has 3 nitrogen and oxygen atoms in total. The number of carbonyl (C=O) groups excluding carboxylic acids is 1. The summed E-state index contributed by atoms with van der Waals surface area (Å²) in [4.78, 5) is 16.0. The van der Waals surface area contributed by atoms with Gasteiger partial charge in [0.2, 0.25) is 0 Å². The van der Waals surface area contributed by atoms with Crippen molar-refractivity contribution in [1.29, 1.82) is 0 Å². The van der Waals surface area contributed by atoms with E-state index in [4.69, 9.17) is 11.6 Å². The van der Waals surface area contributed by atoms with Crippen LogP contribution in [0.2, 0.25) is 0 Å². The van der Waals surface area contributed by atoms with E-state index in [1.54, 1.807) is 0 Å². The summed E-state index contributed by atoms with van der Waals surface area (Å²) < 4.78 is 0. The minimum atomic E-state index is -0.374. The summed E-state index contributed by atoms with van der Waals surface area (Å²) in [6.07, 6.45) is 0.932. The third-order valence-corrected chi connectivity index (χ3v) is 4.02. The molecule has 4 heteroatoms. The summed E-state index contributed by atoms with van der Waals surface area (Å²) in [6, 6.07) is 5.81. The zero-order valence-electron chi connectivity index (χ0n) is 11.7. The molecule has 1 heterocycles. The van der Waals surface area contributed by atoms with Gasteiger partial charge >= 0.3 is 0 Å². The van der Waals surface area contributed by atoms with Crippen molar-refractivity contribution in [2.24, 2.45) is 0 Å². The molecular weight excluding hydrogens is 260 g/mol. The first-order chi connectivity index (χ1) is 9.10. The van der Waals surface area contributed by atoms with Crippen molar-refractivity contribution in [3.05, 3.63) is 34.9 Å². The van der Waals surface area contributed by atoms with E-state index in [1.807, 2.05) is 18.2 Å². The molecule has 0 spiro atoms. The number of piperazine rings is 1. The molecule has 0 aliphatic carbocycles. The van der Waals surface area contributed by atoms with Crippen LogP contribution >= 0.6 is 11.6 Å². The number of nitrogens with zero attached hydrogens (tertiary/aromatic N) is 2.